The summed E-state index contributed by atoms with van der Waals surface area (Å²) in [5.74, 6) is 0. The van der Waals surface area contributed by atoms with Crippen LogP contribution in [0.4, 0.5) is 22.7 Å². The lowest BCUT2D eigenvalue weighted by Gasteiger charge is -2.22. The lowest BCUT2D eigenvalue weighted by molar-refractivity contribution is 0.426. The SMILES string of the molecule is OB(O)c1cccc2c1N(c1ccccc1)CN2c1ccccc1. The van der Waals surface area contributed by atoms with Gasteiger partial charge in [0.1, 0.15) is 6.67 Å². The molecule has 0 saturated heterocycles. The number of nitrogens with zero attached hydrogens (tertiary/aromatic N) is 2. The Morgan fingerprint density at radius 3 is 1.83 bits per heavy atom. The molecule has 118 valence electrons. The molecule has 0 bridgehead atoms. The van der Waals surface area contributed by atoms with Gasteiger partial charge < -0.3 is 19.8 Å². The number of hydrogen-bond donors (Lipinski definition) is 2. The normalized spacial score (nSPS) is 13.1. The van der Waals surface area contributed by atoms with Crippen LogP contribution in [0.25, 0.3) is 0 Å². The summed E-state index contributed by atoms with van der Waals surface area (Å²) >= 11 is 0. The van der Waals surface area contributed by atoms with Gasteiger partial charge in [0, 0.05) is 16.8 Å². The maximum absolute atomic E-state index is 9.82. The molecule has 0 aromatic heterocycles. The van der Waals surface area contributed by atoms with Crippen molar-refractivity contribution in [2.24, 2.45) is 0 Å². The highest BCUT2D eigenvalue weighted by Crippen LogP contribution is 2.42. The minimum absolute atomic E-state index is 0.509. The molecule has 0 spiro atoms. The quantitative estimate of drug-likeness (QED) is 0.729. The van der Waals surface area contributed by atoms with Crippen LogP contribution < -0.4 is 15.3 Å². The van der Waals surface area contributed by atoms with E-state index >= 15 is 0 Å². The van der Waals surface area contributed by atoms with E-state index in [1.165, 1.54) is 0 Å². The van der Waals surface area contributed by atoms with E-state index in [0.29, 0.717) is 12.1 Å². The predicted octanol–water partition coefficient (Wildman–Crippen LogP) is 2.61. The van der Waals surface area contributed by atoms with Gasteiger partial charge in [0.25, 0.3) is 0 Å². The number of rotatable bonds is 3. The van der Waals surface area contributed by atoms with Crippen molar-refractivity contribution in [3.05, 3.63) is 78.9 Å². The maximum Gasteiger partial charge on any atom is 0.490 e. The Kier molecular flexibility index (Phi) is 3.73. The van der Waals surface area contributed by atoms with Gasteiger partial charge in [-0.2, -0.15) is 0 Å². The molecule has 2 N–H and O–H groups in total. The number of fused-ring (bicyclic) bond motifs is 1. The van der Waals surface area contributed by atoms with E-state index in [0.717, 1.165) is 22.7 Å². The van der Waals surface area contributed by atoms with Gasteiger partial charge in [0.15, 0.2) is 0 Å². The third-order valence-electron chi connectivity index (χ3n) is 4.30. The van der Waals surface area contributed by atoms with Crippen LogP contribution in [-0.2, 0) is 0 Å². The number of hydrogen-bond acceptors (Lipinski definition) is 4. The molecule has 0 amide bonds. The summed E-state index contributed by atoms with van der Waals surface area (Å²) in [4.78, 5) is 4.28. The lowest BCUT2D eigenvalue weighted by Crippen LogP contribution is -2.34. The van der Waals surface area contributed by atoms with Crippen molar-refractivity contribution in [3.63, 3.8) is 0 Å². The first-order valence-electron chi connectivity index (χ1n) is 7.90. The van der Waals surface area contributed by atoms with E-state index in [1.54, 1.807) is 6.07 Å². The van der Waals surface area contributed by atoms with Crippen molar-refractivity contribution in [2.75, 3.05) is 16.5 Å². The Labute approximate surface area is 141 Å². The molecule has 0 radical (unpaired) electrons. The zero-order valence-electron chi connectivity index (χ0n) is 13.1. The fraction of sp³-hybridized carbons (Fsp3) is 0.0526. The highest BCUT2D eigenvalue weighted by Gasteiger charge is 2.32. The molecule has 24 heavy (non-hydrogen) atoms. The third kappa shape index (κ3) is 2.44. The minimum Gasteiger partial charge on any atom is -0.423 e. The van der Waals surface area contributed by atoms with Crippen molar-refractivity contribution in [1.82, 2.24) is 0 Å². The summed E-state index contributed by atoms with van der Waals surface area (Å²) in [5.41, 5.74) is 4.40. The Morgan fingerprint density at radius 2 is 1.25 bits per heavy atom. The smallest absolute Gasteiger partial charge is 0.423 e. The summed E-state index contributed by atoms with van der Waals surface area (Å²) in [6.45, 7) is 0.618. The van der Waals surface area contributed by atoms with Crippen molar-refractivity contribution in [1.29, 1.82) is 0 Å². The molecular weight excluding hydrogens is 299 g/mol. The monoisotopic (exact) mass is 316 g/mol. The fourth-order valence-electron chi connectivity index (χ4n) is 3.20. The Balaban J connectivity index is 1.89. The van der Waals surface area contributed by atoms with Crippen LogP contribution in [0.15, 0.2) is 78.9 Å². The Morgan fingerprint density at radius 1 is 0.667 bits per heavy atom. The molecule has 0 fully saturated rings. The molecule has 0 saturated carbocycles. The van der Waals surface area contributed by atoms with E-state index < -0.39 is 7.12 Å². The van der Waals surface area contributed by atoms with Crippen molar-refractivity contribution >= 4 is 35.3 Å². The van der Waals surface area contributed by atoms with Crippen molar-refractivity contribution in [2.45, 2.75) is 0 Å². The molecule has 1 aliphatic rings. The standard InChI is InChI=1S/C19H17BN2O2/c23-20(24)17-12-7-13-18-19(17)22(16-10-5-2-6-11-16)14-21(18)15-8-3-1-4-9-15/h1-13,23-24H,14H2. The van der Waals surface area contributed by atoms with E-state index in [1.807, 2.05) is 60.7 Å². The second kappa shape index (κ2) is 6.04. The molecule has 4 nitrogen and oxygen atoms in total. The van der Waals surface area contributed by atoms with E-state index in [2.05, 4.69) is 21.9 Å². The van der Waals surface area contributed by atoms with E-state index in [-0.39, 0.29) is 0 Å². The fourth-order valence-corrected chi connectivity index (χ4v) is 3.20. The van der Waals surface area contributed by atoms with E-state index in [4.69, 9.17) is 0 Å². The minimum atomic E-state index is -1.51. The highest BCUT2D eigenvalue weighted by atomic mass is 16.4. The topological polar surface area (TPSA) is 46.9 Å². The zero-order valence-corrected chi connectivity index (χ0v) is 13.1. The predicted molar refractivity (Wildman–Crippen MR) is 98.3 cm³/mol. The molecule has 0 unspecified atom stereocenters. The summed E-state index contributed by atoms with van der Waals surface area (Å²) in [5, 5.41) is 19.6. The molecule has 4 rings (SSSR count). The van der Waals surface area contributed by atoms with Gasteiger partial charge in [0.2, 0.25) is 0 Å². The first-order valence-corrected chi connectivity index (χ1v) is 7.90. The Hall–Kier alpha value is -2.76. The maximum atomic E-state index is 9.82. The van der Waals surface area contributed by atoms with Crippen molar-refractivity contribution in [3.8, 4) is 0 Å². The third-order valence-corrected chi connectivity index (χ3v) is 4.30. The van der Waals surface area contributed by atoms with Crippen LogP contribution in [0.2, 0.25) is 0 Å². The summed E-state index contributed by atoms with van der Waals surface area (Å²) in [6, 6.07) is 25.7. The van der Waals surface area contributed by atoms with Crippen LogP contribution in [0, 0.1) is 0 Å². The first-order chi connectivity index (χ1) is 11.8. The van der Waals surface area contributed by atoms with Crippen LogP contribution in [0.3, 0.4) is 0 Å². The summed E-state index contributed by atoms with van der Waals surface area (Å²) in [7, 11) is -1.51. The van der Waals surface area contributed by atoms with Gasteiger partial charge in [-0.1, -0.05) is 48.5 Å². The van der Waals surface area contributed by atoms with Crippen LogP contribution in [-0.4, -0.2) is 23.8 Å². The Bertz CT molecular complexity index is 841. The first kappa shape index (κ1) is 14.8. The zero-order chi connectivity index (χ0) is 16.5. The second-order valence-corrected chi connectivity index (χ2v) is 5.76. The largest absolute Gasteiger partial charge is 0.490 e. The number of para-hydroxylation sites is 3. The van der Waals surface area contributed by atoms with Gasteiger partial charge in [-0.25, -0.2) is 0 Å². The summed E-state index contributed by atoms with van der Waals surface area (Å²) in [6.07, 6.45) is 0. The van der Waals surface area contributed by atoms with Crippen LogP contribution >= 0.6 is 0 Å². The molecule has 1 heterocycles. The lowest BCUT2D eigenvalue weighted by atomic mass is 9.78. The molecule has 3 aromatic carbocycles. The van der Waals surface area contributed by atoms with Crippen LogP contribution in [0.1, 0.15) is 0 Å². The van der Waals surface area contributed by atoms with Gasteiger partial charge in [-0.3, -0.25) is 0 Å². The van der Waals surface area contributed by atoms with Gasteiger partial charge in [-0.05, 0) is 30.3 Å². The molecule has 3 aromatic rings. The average Bonchev–Trinajstić information content (AvgIpc) is 3.03. The summed E-state index contributed by atoms with van der Waals surface area (Å²) < 4.78 is 0. The van der Waals surface area contributed by atoms with Crippen LogP contribution in [0.5, 0.6) is 0 Å². The van der Waals surface area contributed by atoms with Crippen molar-refractivity contribution < 1.29 is 10.0 Å². The van der Waals surface area contributed by atoms with Gasteiger partial charge in [0.05, 0.1) is 11.4 Å². The number of anilines is 4. The molecule has 1 aliphatic heterocycles. The average molecular weight is 316 g/mol. The highest BCUT2D eigenvalue weighted by molar-refractivity contribution is 6.61. The molecule has 0 aliphatic carbocycles. The van der Waals surface area contributed by atoms with Gasteiger partial charge in [-0.15, -0.1) is 0 Å². The van der Waals surface area contributed by atoms with Gasteiger partial charge >= 0.3 is 7.12 Å². The molecule has 0 atom stereocenters. The second-order valence-electron chi connectivity index (χ2n) is 5.76. The number of benzene rings is 3. The molecular formula is C19H17BN2O2. The van der Waals surface area contributed by atoms with E-state index in [9.17, 15) is 10.0 Å². The molecule has 5 heteroatoms.